The van der Waals surface area contributed by atoms with Crippen LogP contribution >= 0.6 is 11.8 Å². The van der Waals surface area contributed by atoms with E-state index in [-0.39, 0.29) is 33.7 Å². The van der Waals surface area contributed by atoms with E-state index in [0.717, 1.165) is 31.0 Å². The number of nitrogens with zero attached hydrogens (tertiary/aromatic N) is 4. The fourth-order valence-corrected chi connectivity index (χ4v) is 5.27. The van der Waals surface area contributed by atoms with E-state index in [1.807, 2.05) is 4.90 Å². The standard InChI is InChI=1S/C15H22F3N5OS/c1-13(2)4-9-5-14(3,7-13)8-22(9)10(24)6-25-12-21-20-11(23(12)19)15(16,17)18/h9H,4-8,19H2,1-3H3/t9-,14-/m1/s1. The molecule has 2 bridgehead atoms. The van der Waals surface area contributed by atoms with E-state index in [1.165, 1.54) is 0 Å². The van der Waals surface area contributed by atoms with Crippen molar-refractivity contribution in [1.29, 1.82) is 0 Å². The van der Waals surface area contributed by atoms with Gasteiger partial charge in [0.05, 0.1) is 5.75 Å². The second kappa shape index (κ2) is 5.78. The first-order chi connectivity index (χ1) is 11.4. The highest BCUT2D eigenvalue weighted by Crippen LogP contribution is 2.52. The maximum Gasteiger partial charge on any atom is 0.453 e. The third kappa shape index (κ3) is 3.58. The fourth-order valence-electron chi connectivity index (χ4n) is 4.53. The Balaban J connectivity index is 1.66. The van der Waals surface area contributed by atoms with Crippen molar-refractivity contribution in [2.45, 2.75) is 57.4 Å². The van der Waals surface area contributed by atoms with Gasteiger partial charge in [-0.15, -0.1) is 10.2 Å². The molecular formula is C15H22F3N5OS. The summed E-state index contributed by atoms with van der Waals surface area (Å²) < 4.78 is 38.4. The molecule has 0 unspecified atom stereocenters. The Morgan fingerprint density at radius 1 is 1.32 bits per heavy atom. The second-order valence-electron chi connectivity index (χ2n) is 8.20. The molecule has 1 aliphatic carbocycles. The third-order valence-electron chi connectivity index (χ3n) is 4.98. The minimum Gasteiger partial charge on any atom is -0.338 e. The van der Waals surface area contributed by atoms with Gasteiger partial charge in [0.1, 0.15) is 0 Å². The normalized spacial score (nSPS) is 28.4. The lowest BCUT2D eigenvalue weighted by Gasteiger charge is -2.39. The molecule has 1 aliphatic heterocycles. The highest BCUT2D eigenvalue weighted by atomic mass is 32.2. The summed E-state index contributed by atoms with van der Waals surface area (Å²) in [7, 11) is 0. The summed E-state index contributed by atoms with van der Waals surface area (Å²) in [5, 5.41) is 6.39. The van der Waals surface area contributed by atoms with E-state index in [0.29, 0.717) is 11.2 Å². The lowest BCUT2D eigenvalue weighted by atomic mass is 9.65. The maximum absolute atomic E-state index is 12.7. The molecule has 6 nitrogen and oxygen atoms in total. The van der Waals surface area contributed by atoms with Crippen molar-refractivity contribution in [3.63, 3.8) is 0 Å². The predicted octanol–water partition coefficient (Wildman–Crippen LogP) is 2.53. The van der Waals surface area contributed by atoms with Gasteiger partial charge in [-0.25, -0.2) is 4.68 Å². The Hall–Kier alpha value is -1.45. The lowest BCUT2D eigenvalue weighted by Crippen LogP contribution is -2.38. The first-order valence-corrected chi connectivity index (χ1v) is 9.09. The van der Waals surface area contributed by atoms with E-state index in [9.17, 15) is 18.0 Å². The van der Waals surface area contributed by atoms with E-state index in [4.69, 9.17) is 5.84 Å². The smallest absolute Gasteiger partial charge is 0.338 e. The van der Waals surface area contributed by atoms with Crippen molar-refractivity contribution in [3.8, 4) is 0 Å². The van der Waals surface area contributed by atoms with E-state index >= 15 is 0 Å². The van der Waals surface area contributed by atoms with Crippen molar-refractivity contribution < 1.29 is 18.0 Å². The highest BCUT2D eigenvalue weighted by molar-refractivity contribution is 7.99. The van der Waals surface area contributed by atoms with Crippen LogP contribution in [0.2, 0.25) is 0 Å². The number of amides is 1. The molecule has 2 atom stereocenters. The molecule has 140 valence electrons. The first kappa shape index (κ1) is 18.3. The van der Waals surface area contributed by atoms with Crippen molar-refractivity contribution in [2.75, 3.05) is 18.1 Å². The summed E-state index contributed by atoms with van der Waals surface area (Å²) >= 11 is 0.885. The average Bonchev–Trinajstić information content (AvgIpc) is 2.92. The molecule has 1 saturated heterocycles. The molecule has 0 aromatic carbocycles. The molecule has 25 heavy (non-hydrogen) atoms. The molecule has 0 spiro atoms. The van der Waals surface area contributed by atoms with Crippen LogP contribution < -0.4 is 5.84 Å². The zero-order valence-corrected chi connectivity index (χ0v) is 15.2. The Labute approximate surface area is 148 Å². The predicted molar refractivity (Wildman–Crippen MR) is 87.1 cm³/mol. The first-order valence-electron chi connectivity index (χ1n) is 8.10. The number of halogens is 3. The third-order valence-corrected chi connectivity index (χ3v) is 5.91. The van der Waals surface area contributed by atoms with Crippen LogP contribution in [0.25, 0.3) is 0 Å². The highest BCUT2D eigenvalue weighted by Gasteiger charge is 2.50. The van der Waals surface area contributed by atoms with Crippen LogP contribution in [0.3, 0.4) is 0 Å². The molecule has 1 aromatic heterocycles. The van der Waals surface area contributed by atoms with Gasteiger partial charge in [-0.3, -0.25) is 4.79 Å². The zero-order chi connectivity index (χ0) is 18.6. The van der Waals surface area contributed by atoms with Crippen LogP contribution in [0.15, 0.2) is 5.16 Å². The second-order valence-corrected chi connectivity index (χ2v) is 9.14. The maximum atomic E-state index is 12.7. The molecule has 2 aliphatic rings. The van der Waals surface area contributed by atoms with Crippen LogP contribution in [-0.2, 0) is 11.0 Å². The van der Waals surface area contributed by atoms with Gasteiger partial charge in [-0.05, 0) is 30.1 Å². The van der Waals surface area contributed by atoms with Gasteiger partial charge in [0, 0.05) is 12.6 Å². The number of alkyl halides is 3. The van der Waals surface area contributed by atoms with Gasteiger partial charge >= 0.3 is 6.18 Å². The van der Waals surface area contributed by atoms with Crippen molar-refractivity contribution in [3.05, 3.63) is 5.82 Å². The Morgan fingerprint density at radius 2 is 2.00 bits per heavy atom. The van der Waals surface area contributed by atoms with Crippen LogP contribution in [0.1, 0.15) is 45.9 Å². The Morgan fingerprint density at radius 3 is 2.60 bits per heavy atom. The molecule has 10 heteroatoms. The number of fused-ring (bicyclic) bond motifs is 2. The Kier molecular flexibility index (Phi) is 4.24. The molecule has 2 heterocycles. The quantitative estimate of drug-likeness (QED) is 0.647. The number of hydrogen-bond acceptors (Lipinski definition) is 5. The summed E-state index contributed by atoms with van der Waals surface area (Å²) in [6, 6.07) is 0.198. The van der Waals surface area contributed by atoms with Crippen LogP contribution in [-0.4, -0.2) is 44.0 Å². The molecule has 2 fully saturated rings. The van der Waals surface area contributed by atoms with Crippen LogP contribution in [0, 0.1) is 10.8 Å². The topological polar surface area (TPSA) is 77.0 Å². The minimum absolute atomic E-state index is 0.000197. The van der Waals surface area contributed by atoms with Crippen molar-refractivity contribution >= 4 is 17.7 Å². The largest absolute Gasteiger partial charge is 0.453 e. The average molecular weight is 377 g/mol. The van der Waals surface area contributed by atoms with Gasteiger partial charge in [0.2, 0.25) is 11.1 Å². The van der Waals surface area contributed by atoms with Crippen LogP contribution in [0.4, 0.5) is 13.2 Å². The summed E-state index contributed by atoms with van der Waals surface area (Å²) in [6.07, 6.45) is -1.67. The van der Waals surface area contributed by atoms with E-state index < -0.39 is 12.0 Å². The number of carbonyl (C=O) groups excluding carboxylic acids is 1. The SMILES string of the molecule is CC1(C)C[C@@H]2C[C@@](C)(CN2C(=O)CSc2nnc(C(F)(F)F)n2N)C1. The lowest BCUT2D eigenvalue weighted by molar-refractivity contribution is -0.146. The molecule has 1 saturated carbocycles. The monoisotopic (exact) mass is 377 g/mol. The van der Waals surface area contributed by atoms with Crippen molar-refractivity contribution in [2.24, 2.45) is 10.8 Å². The molecule has 2 N–H and O–H groups in total. The summed E-state index contributed by atoms with van der Waals surface area (Å²) in [6.45, 7) is 7.34. The summed E-state index contributed by atoms with van der Waals surface area (Å²) in [4.78, 5) is 14.5. The number of carbonyl (C=O) groups is 1. The Bertz CT molecular complexity index is 689. The van der Waals surface area contributed by atoms with Gasteiger partial charge < -0.3 is 10.7 Å². The number of aromatic nitrogens is 3. The number of nitrogens with two attached hydrogens (primary N) is 1. The number of likely N-dealkylation sites (tertiary alicyclic amines) is 1. The summed E-state index contributed by atoms with van der Waals surface area (Å²) in [5.74, 6) is 4.04. The van der Waals surface area contributed by atoms with Gasteiger partial charge in [-0.2, -0.15) is 13.2 Å². The number of hydrogen-bond donors (Lipinski definition) is 1. The zero-order valence-electron chi connectivity index (χ0n) is 14.4. The van der Waals surface area contributed by atoms with Crippen molar-refractivity contribution in [1.82, 2.24) is 19.8 Å². The molecule has 1 amide bonds. The number of thioether (sulfide) groups is 1. The van der Waals surface area contributed by atoms with Gasteiger partial charge in [-0.1, -0.05) is 32.5 Å². The van der Waals surface area contributed by atoms with Gasteiger partial charge in [0.15, 0.2) is 0 Å². The minimum atomic E-state index is -4.67. The van der Waals surface area contributed by atoms with E-state index in [2.05, 4.69) is 31.0 Å². The van der Waals surface area contributed by atoms with E-state index in [1.54, 1.807) is 0 Å². The van der Waals surface area contributed by atoms with Gasteiger partial charge in [0.25, 0.3) is 5.82 Å². The molecular weight excluding hydrogens is 355 g/mol. The summed E-state index contributed by atoms with van der Waals surface area (Å²) in [5.41, 5.74) is 0.309. The fraction of sp³-hybridized carbons (Fsp3) is 0.800. The van der Waals surface area contributed by atoms with Crippen LogP contribution in [0.5, 0.6) is 0 Å². The number of nitrogen functional groups attached to an aromatic ring is 1. The molecule has 0 radical (unpaired) electrons. The molecule has 1 aromatic rings. The molecule has 3 rings (SSSR count). The number of rotatable bonds is 3.